The van der Waals surface area contributed by atoms with E-state index in [1.165, 1.54) is 27.2 Å². The summed E-state index contributed by atoms with van der Waals surface area (Å²) in [6.07, 6.45) is 0. The number of para-hydroxylation sites is 5. The van der Waals surface area contributed by atoms with Gasteiger partial charge < -0.3 is 18.6 Å². The summed E-state index contributed by atoms with van der Waals surface area (Å²) in [7, 11) is 0. The summed E-state index contributed by atoms with van der Waals surface area (Å²) in [6, 6.07) is 59.6. The van der Waals surface area contributed by atoms with E-state index in [2.05, 4.69) is 173 Å². The van der Waals surface area contributed by atoms with Gasteiger partial charge in [-0.15, -0.1) is 0 Å². The second-order valence-corrected chi connectivity index (χ2v) is 18.3. The minimum absolute atomic E-state index is 0.761. The smallest absolute Gasteiger partial charge is 0.161 e. The molecule has 8 aromatic carbocycles. The van der Waals surface area contributed by atoms with E-state index in [-0.39, 0.29) is 0 Å². The van der Waals surface area contributed by atoms with Gasteiger partial charge in [-0.25, -0.2) is 0 Å². The van der Waals surface area contributed by atoms with Crippen LogP contribution in [0, 0.1) is 0 Å². The fraction of sp³-hybridized carbons (Fsp3) is 0. The molecule has 12 rings (SSSR count). The second-order valence-electron chi connectivity index (χ2n) is 14.0. The highest BCUT2D eigenvalue weighted by Gasteiger charge is 2.44. The number of rotatable bonds is 3. The fourth-order valence-corrected chi connectivity index (χ4v) is 13.3. The number of hydrogen-bond donors (Lipinski definition) is 0. The lowest BCUT2D eigenvalue weighted by Gasteiger charge is -2.38. The molecule has 0 radical (unpaired) electrons. The number of fused-ring (bicyclic) bond motifs is 11. The van der Waals surface area contributed by atoms with Gasteiger partial charge in [0, 0.05) is 43.5 Å². The third kappa shape index (κ3) is 4.00. The van der Waals surface area contributed by atoms with Gasteiger partial charge in [-0.1, -0.05) is 115 Å². The monoisotopic (exact) mass is 728 g/mol. The van der Waals surface area contributed by atoms with Crippen molar-refractivity contribution < 1.29 is 9.47 Å². The van der Waals surface area contributed by atoms with Crippen molar-refractivity contribution in [1.82, 2.24) is 9.13 Å². The van der Waals surface area contributed by atoms with Crippen LogP contribution in [0.5, 0.6) is 23.0 Å². The van der Waals surface area contributed by atoms with Gasteiger partial charge in [0.05, 0.1) is 33.4 Å². The Hall–Kier alpha value is -6.39. The highest BCUT2D eigenvalue weighted by atomic mass is 32.4. The molecule has 4 heterocycles. The summed E-state index contributed by atoms with van der Waals surface area (Å²) in [5, 5.41) is 7.90. The molecule has 4 nitrogen and oxygen atoms in total. The summed E-state index contributed by atoms with van der Waals surface area (Å²) in [5.41, 5.74) is 8.80. The summed E-state index contributed by atoms with van der Waals surface area (Å²) >= 11 is 7.00. The minimum Gasteiger partial charge on any atom is -0.456 e. The van der Waals surface area contributed by atoms with Crippen molar-refractivity contribution in [2.24, 2.45) is 0 Å². The summed E-state index contributed by atoms with van der Waals surface area (Å²) in [6.45, 7) is 0. The molecule has 1 atom stereocenters. The van der Waals surface area contributed by atoms with E-state index in [1.54, 1.807) is 0 Å². The predicted molar refractivity (Wildman–Crippen MR) is 227 cm³/mol. The minimum atomic E-state index is -2.61. The van der Waals surface area contributed by atoms with Crippen molar-refractivity contribution in [2.45, 2.75) is 0 Å². The van der Waals surface area contributed by atoms with Gasteiger partial charge in [0.2, 0.25) is 0 Å². The van der Waals surface area contributed by atoms with Crippen LogP contribution in [-0.2, 0) is 11.8 Å². The highest BCUT2D eigenvalue weighted by molar-refractivity contribution is 8.26. The Balaban J connectivity index is 1.08. The van der Waals surface area contributed by atoms with Crippen LogP contribution >= 0.6 is 6.04 Å². The van der Waals surface area contributed by atoms with Gasteiger partial charge in [-0.3, -0.25) is 0 Å². The average molecular weight is 729 g/mol. The summed E-state index contributed by atoms with van der Waals surface area (Å²) in [5.74, 6) is 3.17. The van der Waals surface area contributed by atoms with Crippen LogP contribution in [0.1, 0.15) is 0 Å². The lowest BCUT2D eigenvalue weighted by Crippen LogP contribution is -2.35. The molecule has 54 heavy (non-hydrogen) atoms. The van der Waals surface area contributed by atoms with Crippen LogP contribution in [0.2, 0.25) is 0 Å². The van der Waals surface area contributed by atoms with E-state index < -0.39 is 6.04 Å². The number of benzene rings is 8. The Morgan fingerprint density at radius 1 is 0.407 bits per heavy atom. The summed E-state index contributed by atoms with van der Waals surface area (Å²) < 4.78 is 18.6. The first-order chi connectivity index (χ1) is 26.7. The Labute approximate surface area is 316 Å². The number of nitrogens with zero attached hydrogens (tertiary/aromatic N) is 2. The van der Waals surface area contributed by atoms with E-state index in [0.29, 0.717) is 0 Å². The average Bonchev–Trinajstić information content (AvgIpc) is 3.75. The van der Waals surface area contributed by atoms with Crippen molar-refractivity contribution in [3.8, 4) is 45.5 Å². The van der Waals surface area contributed by atoms with Gasteiger partial charge >= 0.3 is 0 Å². The van der Waals surface area contributed by atoms with E-state index >= 15 is 0 Å². The molecule has 0 spiro atoms. The third-order valence-corrected chi connectivity index (χ3v) is 16.0. The SMILES string of the molecule is S=P12c3ccccc3Oc3cc(-c4ccc(-n5c6ccccc6c6ccccc65)cc4)cc(c31)Oc1c2ccc2c3ccccc3n(-c3ccccc3)c12. The van der Waals surface area contributed by atoms with Crippen LogP contribution in [0.4, 0.5) is 0 Å². The van der Waals surface area contributed by atoms with Gasteiger partial charge in [0.15, 0.2) is 5.75 Å². The topological polar surface area (TPSA) is 28.3 Å². The molecule has 0 N–H and O–H groups in total. The fourth-order valence-electron chi connectivity index (χ4n) is 8.83. The maximum Gasteiger partial charge on any atom is 0.161 e. The molecule has 0 saturated carbocycles. The van der Waals surface area contributed by atoms with Gasteiger partial charge in [-0.05, 0) is 83.9 Å². The molecule has 0 saturated heterocycles. The number of aromatic nitrogens is 2. The Bertz CT molecular complexity index is 3200. The van der Waals surface area contributed by atoms with Crippen LogP contribution in [-0.4, -0.2) is 9.13 Å². The van der Waals surface area contributed by atoms with Crippen LogP contribution in [0.15, 0.2) is 176 Å². The molecule has 2 aliphatic heterocycles. The second kappa shape index (κ2) is 11.1. The van der Waals surface area contributed by atoms with Crippen molar-refractivity contribution in [1.29, 1.82) is 0 Å². The molecule has 0 aliphatic carbocycles. The number of ether oxygens (including phenoxy) is 2. The normalized spacial score (nSPS) is 15.5. The molecule has 1 unspecified atom stereocenters. The zero-order valence-electron chi connectivity index (χ0n) is 28.8. The first-order valence-corrected chi connectivity index (χ1v) is 20.9. The molecule has 254 valence electrons. The van der Waals surface area contributed by atoms with Crippen molar-refractivity contribution in [2.75, 3.05) is 0 Å². The molecular formula is C48H29N2O2PS. The molecule has 10 aromatic rings. The Morgan fingerprint density at radius 3 is 1.67 bits per heavy atom. The quantitative estimate of drug-likeness (QED) is 0.170. The molecule has 0 fully saturated rings. The molecular weight excluding hydrogens is 700 g/mol. The zero-order chi connectivity index (χ0) is 35.5. The zero-order valence-corrected chi connectivity index (χ0v) is 30.5. The molecule has 0 bridgehead atoms. The molecule has 2 aliphatic rings. The third-order valence-electron chi connectivity index (χ3n) is 11.2. The summed E-state index contributed by atoms with van der Waals surface area (Å²) in [4.78, 5) is 0. The maximum absolute atomic E-state index is 7.21. The van der Waals surface area contributed by atoms with E-state index in [0.717, 1.165) is 77.8 Å². The predicted octanol–water partition coefficient (Wildman–Crippen LogP) is 11.5. The first kappa shape index (κ1) is 30.1. The largest absolute Gasteiger partial charge is 0.456 e. The van der Waals surface area contributed by atoms with Crippen molar-refractivity contribution >= 4 is 77.4 Å². The molecule has 6 heteroatoms. The van der Waals surface area contributed by atoms with E-state index in [4.69, 9.17) is 21.3 Å². The molecule has 2 aromatic heterocycles. The first-order valence-electron chi connectivity index (χ1n) is 18.1. The van der Waals surface area contributed by atoms with E-state index in [1.807, 2.05) is 12.1 Å². The molecule has 0 amide bonds. The van der Waals surface area contributed by atoms with E-state index in [9.17, 15) is 0 Å². The van der Waals surface area contributed by atoms with Gasteiger partial charge in [-0.2, -0.15) is 0 Å². The van der Waals surface area contributed by atoms with Crippen LogP contribution in [0.25, 0.3) is 66.1 Å². The number of hydrogen-bond acceptors (Lipinski definition) is 3. The highest BCUT2D eigenvalue weighted by Crippen LogP contribution is 2.60. The van der Waals surface area contributed by atoms with Crippen molar-refractivity contribution in [3.05, 3.63) is 176 Å². The van der Waals surface area contributed by atoms with Crippen LogP contribution < -0.4 is 25.4 Å². The van der Waals surface area contributed by atoms with Crippen LogP contribution in [0.3, 0.4) is 0 Å². The maximum atomic E-state index is 7.21. The Morgan fingerprint density at radius 2 is 0.963 bits per heavy atom. The van der Waals surface area contributed by atoms with Gasteiger partial charge in [0.25, 0.3) is 0 Å². The van der Waals surface area contributed by atoms with Crippen molar-refractivity contribution in [3.63, 3.8) is 0 Å². The van der Waals surface area contributed by atoms with Gasteiger partial charge in [0.1, 0.15) is 17.2 Å². The lowest BCUT2D eigenvalue weighted by molar-refractivity contribution is 0.468. The Kier molecular flexibility index (Phi) is 6.17. The standard InChI is InChI=1S/C48H29N2O2PS/c54-53-44-21-11-10-20-41(44)51-42-28-31(30-22-24-33(25-23-30)49-38-17-7-4-14-34(38)35-15-5-8-18-39(35)49)29-43(48(42)53)52-47-45(53)27-26-37-36-16-6-9-19-40(36)50(46(37)47)32-12-2-1-3-13-32/h1-29H. The lowest BCUT2D eigenvalue weighted by atomic mass is 10.0.